The van der Waals surface area contributed by atoms with Crippen LogP contribution in [0, 0.1) is 5.82 Å². The number of rotatable bonds is 6. The molecule has 0 bridgehead atoms. The highest BCUT2D eigenvalue weighted by atomic mass is 19.1. The highest BCUT2D eigenvalue weighted by Crippen LogP contribution is 2.30. The van der Waals surface area contributed by atoms with Gasteiger partial charge in [-0.1, -0.05) is 12.1 Å². The van der Waals surface area contributed by atoms with E-state index in [0.717, 1.165) is 0 Å². The average Bonchev–Trinajstić information content (AvgIpc) is 2.70. The smallest absolute Gasteiger partial charge is 0.257 e. The molecule has 7 heteroatoms. The number of hydrogen-bond donors (Lipinski definition) is 2. The highest BCUT2D eigenvalue weighted by Gasteiger charge is 2.10. The number of amides is 1. The van der Waals surface area contributed by atoms with Crippen molar-refractivity contribution in [1.29, 1.82) is 0 Å². The van der Waals surface area contributed by atoms with Crippen LogP contribution in [-0.4, -0.2) is 25.1 Å². The molecule has 0 aliphatic rings. The minimum atomic E-state index is -0.380. The SMILES string of the molecule is COc1ccc(NC(=O)c2ccc(Nc3ccccc3F)nc2)cc1OC. The molecule has 3 rings (SSSR count). The van der Waals surface area contributed by atoms with Gasteiger partial charge in [-0.15, -0.1) is 0 Å². The number of nitrogens with one attached hydrogen (secondary N) is 2. The molecule has 138 valence electrons. The maximum Gasteiger partial charge on any atom is 0.257 e. The van der Waals surface area contributed by atoms with Crippen molar-refractivity contribution in [3.63, 3.8) is 0 Å². The minimum Gasteiger partial charge on any atom is -0.493 e. The normalized spacial score (nSPS) is 10.2. The lowest BCUT2D eigenvalue weighted by Crippen LogP contribution is -2.12. The van der Waals surface area contributed by atoms with Crippen molar-refractivity contribution in [2.24, 2.45) is 0 Å². The quantitative estimate of drug-likeness (QED) is 0.682. The summed E-state index contributed by atoms with van der Waals surface area (Å²) in [5, 5.41) is 5.64. The van der Waals surface area contributed by atoms with Crippen molar-refractivity contribution in [2.75, 3.05) is 24.9 Å². The zero-order chi connectivity index (χ0) is 19.2. The molecule has 0 aliphatic carbocycles. The third-order valence-corrected chi connectivity index (χ3v) is 3.80. The third-order valence-electron chi connectivity index (χ3n) is 3.80. The first kappa shape index (κ1) is 18.2. The van der Waals surface area contributed by atoms with E-state index in [1.165, 1.54) is 19.4 Å². The molecule has 0 aliphatic heterocycles. The standard InChI is InChI=1S/C20H18FN3O3/c1-26-17-9-8-14(11-18(17)27-2)23-20(25)13-7-10-19(22-12-13)24-16-6-4-3-5-15(16)21/h3-12H,1-2H3,(H,22,24)(H,23,25). The van der Waals surface area contributed by atoms with Crippen LogP contribution in [-0.2, 0) is 0 Å². The molecule has 0 saturated heterocycles. The number of aromatic nitrogens is 1. The lowest BCUT2D eigenvalue weighted by Gasteiger charge is -2.11. The molecule has 0 saturated carbocycles. The molecule has 3 aromatic rings. The topological polar surface area (TPSA) is 72.5 Å². The van der Waals surface area contributed by atoms with Crippen molar-refractivity contribution in [2.45, 2.75) is 0 Å². The Hall–Kier alpha value is -3.61. The molecule has 27 heavy (non-hydrogen) atoms. The van der Waals surface area contributed by atoms with Crippen LogP contribution in [0.5, 0.6) is 11.5 Å². The van der Waals surface area contributed by atoms with Gasteiger partial charge in [0.1, 0.15) is 11.6 Å². The molecule has 1 amide bonds. The molecule has 0 atom stereocenters. The fourth-order valence-corrected chi connectivity index (χ4v) is 2.42. The number of anilines is 3. The van der Waals surface area contributed by atoms with E-state index >= 15 is 0 Å². The molecular formula is C20H18FN3O3. The predicted molar refractivity (Wildman–Crippen MR) is 101 cm³/mol. The van der Waals surface area contributed by atoms with Crippen LogP contribution >= 0.6 is 0 Å². The Morgan fingerprint density at radius 1 is 1.00 bits per heavy atom. The van der Waals surface area contributed by atoms with Gasteiger partial charge < -0.3 is 20.1 Å². The Morgan fingerprint density at radius 2 is 1.78 bits per heavy atom. The van der Waals surface area contributed by atoms with E-state index in [9.17, 15) is 9.18 Å². The van der Waals surface area contributed by atoms with Crippen LogP contribution in [0.25, 0.3) is 0 Å². The maximum absolute atomic E-state index is 13.7. The van der Waals surface area contributed by atoms with E-state index in [1.54, 1.807) is 55.6 Å². The van der Waals surface area contributed by atoms with Crippen LogP contribution in [0.4, 0.5) is 21.6 Å². The summed E-state index contributed by atoms with van der Waals surface area (Å²) in [4.78, 5) is 16.5. The number of halogens is 1. The molecule has 0 radical (unpaired) electrons. The Morgan fingerprint density at radius 3 is 2.44 bits per heavy atom. The van der Waals surface area contributed by atoms with Gasteiger partial charge in [0.2, 0.25) is 0 Å². The van der Waals surface area contributed by atoms with Crippen molar-refractivity contribution >= 4 is 23.1 Å². The summed E-state index contributed by atoms with van der Waals surface area (Å²) in [5.74, 6) is 0.808. The number of para-hydroxylation sites is 1. The summed E-state index contributed by atoms with van der Waals surface area (Å²) in [6, 6.07) is 14.6. The Balaban J connectivity index is 1.70. The molecule has 0 unspecified atom stereocenters. The van der Waals surface area contributed by atoms with Crippen molar-refractivity contribution in [3.8, 4) is 11.5 Å². The summed E-state index contributed by atoms with van der Waals surface area (Å²) in [6.45, 7) is 0. The average molecular weight is 367 g/mol. The summed E-state index contributed by atoms with van der Waals surface area (Å²) in [7, 11) is 3.06. The van der Waals surface area contributed by atoms with Gasteiger partial charge in [0.05, 0.1) is 25.5 Å². The lowest BCUT2D eigenvalue weighted by molar-refractivity contribution is 0.102. The molecular weight excluding hydrogens is 349 g/mol. The summed E-state index contributed by atoms with van der Waals surface area (Å²) in [5.41, 5.74) is 1.24. The number of ether oxygens (including phenoxy) is 2. The highest BCUT2D eigenvalue weighted by molar-refractivity contribution is 6.04. The largest absolute Gasteiger partial charge is 0.493 e. The third kappa shape index (κ3) is 4.33. The van der Waals surface area contributed by atoms with Crippen molar-refractivity contribution in [3.05, 3.63) is 72.2 Å². The molecule has 2 aromatic carbocycles. The van der Waals surface area contributed by atoms with Crippen LogP contribution in [0.3, 0.4) is 0 Å². The number of carbonyl (C=O) groups excluding carboxylic acids is 1. The number of carbonyl (C=O) groups is 1. The zero-order valence-electron chi connectivity index (χ0n) is 14.8. The Kier molecular flexibility index (Phi) is 5.51. The van der Waals surface area contributed by atoms with E-state index in [1.807, 2.05) is 0 Å². The molecule has 1 heterocycles. The van der Waals surface area contributed by atoms with Gasteiger partial charge in [-0.3, -0.25) is 4.79 Å². The van der Waals surface area contributed by atoms with Gasteiger partial charge in [0.25, 0.3) is 5.91 Å². The van der Waals surface area contributed by atoms with E-state index in [-0.39, 0.29) is 11.7 Å². The van der Waals surface area contributed by atoms with Crippen molar-refractivity contribution < 1.29 is 18.7 Å². The Bertz CT molecular complexity index is 945. The van der Waals surface area contributed by atoms with Gasteiger partial charge in [-0.05, 0) is 36.4 Å². The first-order valence-corrected chi connectivity index (χ1v) is 8.11. The Labute approximate surface area is 156 Å². The van der Waals surface area contributed by atoms with Crippen LogP contribution in [0.2, 0.25) is 0 Å². The molecule has 0 fully saturated rings. The van der Waals surface area contributed by atoms with Crippen LogP contribution in [0.15, 0.2) is 60.8 Å². The van der Waals surface area contributed by atoms with E-state index in [0.29, 0.717) is 34.3 Å². The second-order valence-corrected chi connectivity index (χ2v) is 5.56. The van der Waals surface area contributed by atoms with Crippen LogP contribution < -0.4 is 20.1 Å². The van der Waals surface area contributed by atoms with Crippen molar-refractivity contribution in [1.82, 2.24) is 4.98 Å². The van der Waals surface area contributed by atoms with Gasteiger partial charge >= 0.3 is 0 Å². The predicted octanol–water partition coefficient (Wildman–Crippen LogP) is 4.23. The monoisotopic (exact) mass is 367 g/mol. The summed E-state index contributed by atoms with van der Waals surface area (Å²) >= 11 is 0. The second kappa shape index (κ2) is 8.18. The minimum absolute atomic E-state index is 0.313. The fraction of sp³-hybridized carbons (Fsp3) is 0.100. The van der Waals surface area contributed by atoms with E-state index < -0.39 is 0 Å². The number of pyridine rings is 1. The van der Waals surface area contributed by atoms with Gasteiger partial charge in [-0.25, -0.2) is 9.37 Å². The number of methoxy groups -OCH3 is 2. The molecule has 1 aromatic heterocycles. The fourth-order valence-electron chi connectivity index (χ4n) is 2.42. The summed E-state index contributed by atoms with van der Waals surface area (Å²) < 4.78 is 24.1. The first-order valence-electron chi connectivity index (χ1n) is 8.11. The maximum atomic E-state index is 13.7. The van der Waals surface area contributed by atoms with Gasteiger partial charge in [0, 0.05) is 18.0 Å². The summed E-state index contributed by atoms with van der Waals surface area (Å²) in [6.07, 6.45) is 1.42. The number of benzene rings is 2. The zero-order valence-corrected chi connectivity index (χ0v) is 14.8. The van der Waals surface area contributed by atoms with Crippen LogP contribution in [0.1, 0.15) is 10.4 Å². The number of hydrogen-bond acceptors (Lipinski definition) is 5. The van der Waals surface area contributed by atoms with Gasteiger partial charge in [0.15, 0.2) is 11.5 Å². The number of nitrogens with zero attached hydrogens (tertiary/aromatic N) is 1. The molecule has 6 nitrogen and oxygen atoms in total. The van der Waals surface area contributed by atoms with E-state index in [2.05, 4.69) is 15.6 Å². The molecule has 0 spiro atoms. The van der Waals surface area contributed by atoms with Gasteiger partial charge in [-0.2, -0.15) is 0 Å². The second-order valence-electron chi connectivity index (χ2n) is 5.56. The lowest BCUT2D eigenvalue weighted by atomic mass is 10.2. The first-order chi connectivity index (χ1) is 13.1. The molecule has 2 N–H and O–H groups in total. The van der Waals surface area contributed by atoms with E-state index in [4.69, 9.17) is 9.47 Å².